The molecule has 2 aliphatic heterocycles. The van der Waals surface area contributed by atoms with Crippen molar-refractivity contribution in [2.75, 3.05) is 13.1 Å². The van der Waals surface area contributed by atoms with E-state index in [2.05, 4.69) is 10.6 Å². The molecular weight excluding hydrogens is 406 g/mol. The van der Waals surface area contributed by atoms with E-state index in [0.29, 0.717) is 43.7 Å². The number of nitrogens with zero attached hydrogens (tertiary/aromatic N) is 3. The minimum atomic E-state index is -0.909. The molecule has 8 nitrogen and oxygen atoms in total. The number of likely N-dealkylation sites (tertiary alicyclic amines) is 1. The molecule has 2 N–H and O–H groups in total. The van der Waals surface area contributed by atoms with Crippen LogP contribution in [0, 0.1) is 0 Å². The maximum absolute atomic E-state index is 13.5. The number of nitrogens with one attached hydrogen (secondary N) is 2. The summed E-state index contributed by atoms with van der Waals surface area (Å²) < 4.78 is 1.79. The molecule has 0 atom stereocenters. The van der Waals surface area contributed by atoms with Crippen LogP contribution < -0.4 is 10.6 Å². The Morgan fingerprint density at radius 3 is 2.25 bits per heavy atom. The van der Waals surface area contributed by atoms with Gasteiger partial charge < -0.3 is 10.2 Å². The van der Waals surface area contributed by atoms with E-state index in [1.807, 2.05) is 60.7 Å². The number of benzene rings is 2. The van der Waals surface area contributed by atoms with Crippen LogP contribution in [0.5, 0.6) is 0 Å². The minimum Gasteiger partial charge on any atom is -0.338 e. The Kier molecular flexibility index (Phi) is 4.97. The number of rotatable bonds is 4. The van der Waals surface area contributed by atoms with Gasteiger partial charge in [0, 0.05) is 24.8 Å². The fourth-order valence-electron chi connectivity index (χ4n) is 4.38. The van der Waals surface area contributed by atoms with Crippen LogP contribution in [0.15, 0.2) is 66.9 Å². The van der Waals surface area contributed by atoms with E-state index < -0.39 is 11.6 Å². The van der Waals surface area contributed by atoms with Crippen molar-refractivity contribution in [2.45, 2.75) is 24.9 Å². The summed E-state index contributed by atoms with van der Waals surface area (Å²) >= 11 is 0. The molecule has 4 amide bonds. The van der Waals surface area contributed by atoms with Crippen LogP contribution in [0.25, 0.3) is 11.3 Å². The van der Waals surface area contributed by atoms with Crippen LogP contribution >= 0.6 is 0 Å². The molecule has 0 aliphatic carbocycles. The lowest BCUT2D eigenvalue weighted by Crippen LogP contribution is -2.55. The minimum absolute atomic E-state index is 0.122. The molecule has 2 saturated heterocycles. The first-order valence-corrected chi connectivity index (χ1v) is 10.6. The summed E-state index contributed by atoms with van der Waals surface area (Å²) in [6.07, 6.45) is 2.57. The average molecular weight is 429 g/mol. The zero-order valence-electron chi connectivity index (χ0n) is 17.5. The van der Waals surface area contributed by atoms with Crippen molar-refractivity contribution < 1.29 is 14.4 Å². The van der Waals surface area contributed by atoms with E-state index in [-0.39, 0.29) is 11.8 Å². The SMILES string of the molecule is O=C1NC(=O)C2(CCN(C(=O)c3cn(Cc4ccccc4)nc3-c3ccccc3)CC2)N1. The third-order valence-corrected chi connectivity index (χ3v) is 6.15. The van der Waals surface area contributed by atoms with Crippen molar-refractivity contribution in [1.29, 1.82) is 0 Å². The highest BCUT2D eigenvalue weighted by atomic mass is 16.2. The zero-order chi connectivity index (χ0) is 22.1. The first-order valence-electron chi connectivity index (χ1n) is 10.6. The van der Waals surface area contributed by atoms with Crippen LogP contribution in [0.2, 0.25) is 0 Å². The summed E-state index contributed by atoms with van der Waals surface area (Å²) in [4.78, 5) is 39.0. The Morgan fingerprint density at radius 2 is 1.62 bits per heavy atom. The lowest BCUT2D eigenvalue weighted by Gasteiger charge is -2.36. The first kappa shape index (κ1) is 20.0. The molecule has 0 unspecified atom stereocenters. The van der Waals surface area contributed by atoms with Gasteiger partial charge in [0.2, 0.25) is 0 Å². The van der Waals surface area contributed by atoms with Gasteiger partial charge >= 0.3 is 6.03 Å². The number of amides is 4. The van der Waals surface area contributed by atoms with E-state index in [1.165, 1.54) is 0 Å². The quantitative estimate of drug-likeness (QED) is 0.623. The van der Waals surface area contributed by atoms with Gasteiger partial charge in [-0.15, -0.1) is 0 Å². The number of urea groups is 1. The largest absolute Gasteiger partial charge is 0.338 e. The van der Waals surface area contributed by atoms with Crippen molar-refractivity contribution in [3.05, 3.63) is 78.0 Å². The fraction of sp³-hybridized carbons (Fsp3) is 0.250. The summed E-state index contributed by atoms with van der Waals surface area (Å²) in [5, 5.41) is 9.77. The van der Waals surface area contributed by atoms with Crippen molar-refractivity contribution in [1.82, 2.24) is 25.3 Å². The number of aromatic nitrogens is 2. The number of imide groups is 1. The smallest absolute Gasteiger partial charge is 0.322 e. The number of piperidine rings is 1. The summed E-state index contributed by atoms with van der Waals surface area (Å²) in [6.45, 7) is 1.32. The second-order valence-electron chi connectivity index (χ2n) is 8.22. The second-order valence-corrected chi connectivity index (χ2v) is 8.22. The van der Waals surface area contributed by atoms with Crippen molar-refractivity contribution in [3.63, 3.8) is 0 Å². The monoisotopic (exact) mass is 429 g/mol. The van der Waals surface area contributed by atoms with Gasteiger partial charge in [0.05, 0.1) is 12.1 Å². The molecule has 3 heterocycles. The Morgan fingerprint density at radius 1 is 0.969 bits per heavy atom. The van der Waals surface area contributed by atoms with E-state index in [1.54, 1.807) is 15.8 Å². The highest BCUT2D eigenvalue weighted by Crippen LogP contribution is 2.29. The van der Waals surface area contributed by atoms with Gasteiger partial charge in [-0.25, -0.2) is 4.79 Å². The number of carbonyl (C=O) groups is 3. The molecule has 1 aromatic heterocycles. The molecule has 2 aliphatic rings. The molecule has 5 rings (SSSR count). The fourth-order valence-corrected chi connectivity index (χ4v) is 4.38. The molecular formula is C24H23N5O3. The van der Waals surface area contributed by atoms with E-state index in [9.17, 15) is 14.4 Å². The maximum Gasteiger partial charge on any atom is 0.322 e. The molecule has 0 radical (unpaired) electrons. The molecule has 2 aromatic carbocycles. The Labute approximate surface area is 185 Å². The Balaban J connectivity index is 1.41. The van der Waals surface area contributed by atoms with Crippen molar-refractivity contribution in [3.8, 4) is 11.3 Å². The Bertz CT molecular complexity index is 1160. The van der Waals surface area contributed by atoms with Gasteiger partial charge in [-0.05, 0) is 18.4 Å². The van der Waals surface area contributed by atoms with E-state index in [0.717, 1.165) is 11.1 Å². The summed E-state index contributed by atoms with van der Waals surface area (Å²) in [6, 6.07) is 19.2. The van der Waals surface area contributed by atoms with Gasteiger partial charge in [-0.3, -0.25) is 19.6 Å². The van der Waals surface area contributed by atoms with Gasteiger partial charge in [-0.2, -0.15) is 5.10 Å². The van der Waals surface area contributed by atoms with Crippen LogP contribution in [0.3, 0.4) is 0 Å². The standard InChI is InChI=1S/C24H23N5O3/c30-21(28-13-11-24(12-14-28)22(31)25-23(32)26-24)19-16-29(15-17-7-3-1-4-8-17)27-20(19)18-9-5-2-6-10-18/h1-10,16H,11-15H2,(H2,25,26,31,32). The van der Waals surface area contributed by atoms with Crippen LogP contribution in [-0.2, 0) is 11.3 Å². The molecule has 3 aromatic rings. The lowest BCUT2D eigenvalue weighted by atomic mass is 9.87. The third-order valence-electron chi connectivity index (χ3n) is 6.15. The highest BCUT2D eigenvalue weighted by molar-refractivity contribution is 6.07. The normalized spacial score (nSPS) is 17.3. The second kappa shape index (κ2) is 7.96. The molecule has 162 valence electrons. The summed E-state index contributed by atoms with van der Waals surface area (Å²) in [7, 11) is 0. The predicted molar refractivity (Wildman–Crippen MR) is 118 cm³/mol. The zero-order valence-corrected chi connectivity index (χ0v) is 17.5. The van der Waals surface area contributed by atoms with Crippen molar-refractivity contribution in [2.24, 2.45) is 0 Å². The van der Waals surface area contributed by atoms with Crippen molar-refractivity contribution >= 4 is 17.8 Å². The van der Waals surface area contributed by atoms with Gasteiger partial charge in [-0.1, -0.05) is 60.7 Å². The molecule has 32 heavy (non-hydrogen) atoms. The molecule has 0 bridgehead atoms. The summed E-state index contributed by atoms with van der Waals surface area (Å²) in [5.74, 6) is -0.432. The average Bonchev–Trinajstić information content (AvgIpc) is 3.35. The van der Waals surface area contributed by atoms with E-state index in [4.69, 9.17) is 5.10 Å². The molecule has 0 saturated carbocycles. The van der Waals surface area contributed by atoms with Crippen LogP contribution in [0.4, 0.5) is 4.79 Å². The number of hydrogen-bond acceptors (Lipinski definition) is 4. The molecule has 8 heteroatoms. The van der Waals surface area contributed by atoms with Gasteiger partial charge in [0.25, 0.3) is 11.8 Å². The number of hydrogen-bond donors (Lipinski definition) is 2. The molecule has 2 fully saturated rings. The maximum atomic E-state index is 13.5. The van der Waals surface area contributed by atoms with Crippen LogP contribution in [0.1, 0.15) is 28.8 Å². The lowest BCUT2D eigenvalue weighted by molar-refractivity contribution is -0.125. The number of carbonyl (C=O) groups excluding carboxylic acids is 3. The predicted octanol–water partition coefficient (Wildman–Crippen LogP) is 2.41. The van der Waals surface area contributed by atoms with Gasteiger partial charge in [0.1, 0.15) is 11.2 Å². The van der Waals surface area contributed by atoms with Gasteiger partial charge in [0.15, 0.2) is 0 Å². The summed E-state index contributed by atoms with van der Waals surface area (Å²) in [5.41, 5.74) is 2.23. The molecule has 1 spiro atoms. The highest BCUT2D eigenvalue weighted by Gasteiger charge is 2.48. The first-order chi connectivity index (χ1) is 15.5. The van der Waals surface area contributed by atoms with Crippen LogP contribution in [-0.4, -0.2) is 51.2 Å². The van der Waals surface area contributed by atoms with E-state index >= 15 is 0 Å². The third kappa shape index (κ3) is 3.64. The topological polar surface area (TPSA) is 96.3 Å². The Hall–Kier alpha value is -3.94.